The molecule has 1 spiro atoms. The molecule has 2 saturated heterocycles. The van der Waals surface area contributed by atoms with Gasteiger partial charge in [-0.3, -0.25) is 13.9 Å². The molecule has 9 nitrogen and oxygen atoms in total. The van der Waals surface area contributed by atoms with E-state index in [-0.39, 0.29) is 5.52 Å². The summed E-state index contributed by atoms with van der Waals surface area (Å²) in [5.74, 6) is 0.490. The van der Waals surface area contributed by atoms with Gasteiger partial charge in [0.2, 0.25) is 0 Å². The SMILES string of the molecule is COc1cc(-n2cc3c(C(F)(F)F)cc(CN4CCC5(CC5)C4)cn3c2=O)cc(C2(C[C]3N=NC=[N+]3C)COC2)c1. The quantitative estimate of drug-likeness (QED) is 0.397. The summed E-state index contributed by atoms with van der Waals surface area (Å²) >= 11 is 0. The smallest absolute Gasteiger partial charge is 0.418 e. The predicted octanol–water partition coefficient (Wildman–Crippen LogP) is 4.39. The molecule has 5 heterocycles. The van der Waals surface area contributed by atoms with Crippen molar-refractivity contribution < 1.29 is 27.2 Å². The monoisotopic (exact) mass is 568 g/mol. The lowest BCUT2D eigenvalue weighted by Crippen LogP contribution is -2.48. The molecule has 2 aromatic heterocycles. The van der Waals surface area contributed by atoms with Crippen LogP contribution in [0.4, 0.5) is 13.2 Å². The summed E-state index contributed by atoms with van der Waals surface area (Å²) in [6.07, 6.45) is 4.61. The number of ether oxygens (including phenoxy) is 2. The second kappa shape index (κ2) is 9.25. The molecule has 41 heavy (non-hydrogen) atoms. The third-order valence-electron chi connectivity index (χ3n) is 9.09. The maximum Gasteiger partial charge on any atom is 0.418 e. The highest BCUT2D eigenvalue weighted by Gasteiger charge is 2.48. The number of hydrogen-bond acceptors (Lipinski definition) is 6. The zero-order valence-electron chi connectivity index (χ0n) is 22.9. The molecule has 0 N–H and O–H groups in total. The number of imidazole rings is 1. The van der Waals surface area contributed by atoms with Crippen molar-refractivity contribution in [2.24, 2.45) is 15.6 Å². The minimum atomic E-state index is -4.62. The summed E-state index contributed by atoms with van der Waals surface area (Å²) in [5, 5.41) is 8.20. The first-order valence-corrected chi connectivity index (χ1v) is 13.7. The van der Waals surface area contributed by atoms with Gasteiger partial charge in [0.1, 0.15) is 5.75 Å². The number of methoxy groups -OCH3 is 1. The zero-order chi connectivity index (χ0) is 28.6. The Kier molecular flexibility index (Phi) is 5.95. The summed E-state index contributed by atoms with van der Waals surface area (Å²) in [5.41, 5.74) is 0.0896. The number of halogens is 3. The number of alkyl halides is 3. The summed E-state index contributed by atoms with van der Waals surface area (Å²) in [6, 6.07) is 6.56. The molecule has 7 rings (SSSR count). The van der Waals surface area contributed by atoms with E-state index in [0.717, 1.165) is 35.6 Å². The molecule has 1 radical (unpaired) electrons. The number of hydrogen-bond donors (Lipinski definition) is 0. The summed E-state index contributed by atoms with van der Waals surface area (Å²) < 4.78 is 58.3. The first-order chi connectivity index (χ1) is 19.6. The molecule has 4 aliphatic rings. The Bertz CT molecular complexity index is 1650. The Morgan fingerprint density at radius 2 is 1.93 bits per heavy atom. The molecule has 0 bridgehead atoms. The second-order valence-corrected chi connectivity index (χ2v) is 12.0. The molecule has 3 fully saturated rings. The molecule has 1 aliphatic carbocycles. The van der Waals surface area contributed by atoms with Gasteiger partial charge < -0.3 is 9.47 Å². The van der Waals surface area contributed by atoms with E-state index in [1.807, 2.05) is 23.8 Å². The normalized spacial score (nSPS) is 21.5. The van der Waals surface area contributed by atoms with E-state index in [1.54, 1.807) is 18.6 Å². The number of aromatic nitrogens is 2. The van der Waals surface area contributed by atoms with Gasteiger partial charge in [-0.2, -0.15) is 13.2 Å². The first-order valence-electron chi connectivity index (χ1n) is 13.7. The van der Waals surface area contributed by atoms with E-state index in [4.69, 9.17) is 9.47 Å². The number of benzene rings is 1. The average Bonchev–Trinajstić information content (AvgIpc) is 3.19. The highest BCUT2D eigenvalue weighted by Crippen LogP contribution is 2.53. The van der Waals surface area contributed by atoms with Gasteiger partial charge in [0.15, 0.2) is 0 Å². The van der Waals surface area contributed by atoms with E-state index in [2.05, 4.69) is 15.1 Å². The Morgan fingerprint density at radius 3 is 2.54 bits per heavy atom. The number of fused-ring (bicyclic) bond motifs is 1. The Hall–Kier alpha value is -3.51. The predicted molar refractivity (Wildman–Crippen MR) is 144 cm³/mol. The Labute approximate surface area is 234 Å². The van der Waals surface area contributed by atoms with Crippen LogP contribution in [0.15, 0.2) is 51.7 Å². The van der Waals surface area contributed by atoms with Gasteiger partial charge in [-0.25, -0.2) is 9.37 Å². The van der Waals surface area contributed by atoms with E-state index in [0.29, 0.717) is 48.6 Å². The second-order valence-electron chi connectivity index (χ2n) is 12.0. The van der Waals surface area contributed by atoms with Crippen molar-refractivity contribution in [3.05, 3.63) is 70.0 Å². The lowest BCUT2D eigenvalue weighted by Gasteiger charge is -2.42. The molecule has 3 aliphatic heterocycles. The van der Waals surface area contributed by atoms with Crippen molar-refractivity contribution in [3.8, 4) is 11.4 Å². The topological polar surface area (TPSA) is 75.8 Å². The van der Waals surface area contributed by atoms with Crippen molar-refractivity contribution in [2.75, 3.05) is 40.5 Å². The van der Waals surface area contributed by atoms with Gasteiger partial charge in [0.25, 0.3) is 0 Å². The van der Waals surface area contributed by atoms with Crippen LogP contribution in [-0.4, -0.2) is 65.2 Å². The van der Waals surface area contributed by atoms with Gasteiger partial charge in [-0.05, 0) is 65.7 Å². The van der Waals surface area contributed by atoms with Crippen LogP contribution in [0.1, 0.15) is 42.4 Å². The summed E-state index contributed by atoms with van der Waals surface area (Å²) in [4.78, 5) is 15.9. The van der Waals surface area contributed by atoms with Gasteiger partial charge in [0.05, 0.1) is 49.3 Å². The third kappa shape index (κ3) is 4.57. The molecule has 0 unspecified atom stereocenters. The van der Waals surface area contributed by atoms with Crippen LogP contribution in [-0.2, 0) is 22.9 Å². The fourth-order valence-electron chi connectivity index (χ4n) is 6.39. The summed E-state index contributed by atoms with van der Waals surface area (Å²) in [7, 11) is 3.39. The van der Waals surface area contributed by atoms with Crippen LogP contribution < -0.4 is 10.4 Å². The molecule has 0 atom stereocenters. The van der Waals surface area contributed by atoms with Crippen LogP contribution in [0.2, 0.25) is 0 Å². The standard InChI is InChI=1S/C29H31F3N6O3/c1-35-18-33-34-25(35)11-28(16-41-17-28)20-8-21(10-22(9-20)40-2)37-14-24-23(29(30,31)32)7-19(13-38(24)26(37)39)12-36-6-5-27(15-36)3-4-27/h7-10,13-14,18H,3-6,11-12,15-17H2,1-2H3/q+1. The first kappa shape index (κ1) is 26.4. The lowest BCUT2D eigenvalue weighted by atomic mass is 9.74. The molecular formula is C29H31F3N6O3+. The van der Waals surface area contributed by atoms with Crippen molar-refractivity contribution in [3.63, 3.8) is 0 Å². The molecule has 3 aromatic rings. The number of rotatable bonds is 7. The van der Waals surface area contributed by atoms with Crippen LogP contribution in [0.5, 0.6) is 5.75 Å². The Morgan fingerprint density at radius 1 is 1.12 bits per heavy atom. The largest absolute Gasteiger partial charge is 0.497 e. The molecule has 215 valence electrons. The van der Waals surface area contributed by atoms with Gasteiger partial charge in [-0.1, -0.05) is 0 Å². The fourth-order valence-corrected chi connectivity index (χ4v) is 6.39. The minimum Gasteiger partial charge on any atom is -0.497 e. The van der Waals surface area contributed by atoms with Crippen LogP contribution in [0, 0.1) is 11.6 Å². The van der Waals surface area contributed by atoms with Crippen molar-refractivity contribution >= 4 is 11.9 Å². The number of nitrogens with zero attached hydrogens (tertiary/aromatic N) is 6. The van der Waals surface area contributed by atoms with Gasteiger partial charge in [-0.15, -0.1) is 0 Å². The van der Waals surface area contributed by atoms with Crippen molar-refractivity contribution in [2.45, 2.75) is 43.8 Å². The average molecular weight is 569 g/mol. The van der Waals surface area contributed by atoms with E-state index in [1.165, 1.54) is 36.8 Å². The minimum absolute atomic E-state index is 0.184. The van der Waals surface area contributed by atoms with Crippen molar-refractivity contribution in [1.29, 1.82) is 0 Å². The Balaban J connectivity index is 1.30. The molecule has 12 heteroatoms. The highest BCUT2D eigenvalue weighted by molar-refractivity contribution is 5.59. The van der Waals surface area contributed by atoms with Crippen LogP contribution >= 0.6 is 0 Å². The van der Waals surface area contributed by atoms with Gasteiger partial charge in [0, 0.05) is 43.4 Å². The van der Waals surface area contributed by atoms with Crippen molar-refractivity contribution in [1.82, 2.24) is 13.9 Å². The van der Waals surface area contributed by atoms with Crippen LogP contribution in [0.3, 0.4) is 0 Å². The third-order valence-corrected chi connectivity index (χ3v) is 9.09. The molecule has 1 saturated carbocycles. The molecule has 0 amide bonds. The maximum atomic E-state index is 14.3. The molecular weight excluding hydrogens is 537 g/mol. The van der Waals surface area contributed by atoms with Crippen LogP contribution in [0.25, 0.3) is 11.2 Å². The number of pyridine rings is 1. The van der Waals surface area contributed by atoms with Gasteiger partial charge >= 0.3 is 24.4 Å². The van der Waals surface area contributed by atoms with E-state index >= 15 is 0 Å². The highest BCUT2D eigenvalue weighted by atomic mass is 19.4. The number of azo groups is 1. The fraction of sp³-hybridized carbons (Fsp3) is 0.483. The summed E-state index contributed by atoms with van der Waals surface area (Å²) in [6.45, 7) is 3.00. The number of likely N-dealkylation sites (tertiary alicyclic amines) is 1. The lowest BCUT2D eigenvalue weighted by molar-refractivity contribution is -0.478. The zero-order valence-corrected chi connectivity index (χ0v) is 22.9. The molecule has 1 aromatic carbocycles. The van der Waals surface area contributed by atoms with E-state index < -0.39 is 22.8 Å². The van der Waals surface area contributed by atoms with E-state index in [9.17, 15) is 18.0 Å². The maximum absolute atomic E-state index is 14.3.